The Morgan fingerprint density at radius 1 is 1.35 bits per heavy atom. The van der Waals surface area contributed by atoms with Crippen LogP contribution in [0.3, 0.4) is 0 Å². The van der Waals surface area contributed by atoms with E-state index in [9.17, 15) is 4.79 Å². The predicted molar refractivity (Wildman–Crippen MR) is 65.4 cm³/mol. The molecule has 0 aliphatic carbocycles. The number of nitrogens with zero attached hydrogens (tertiary/aromatic N) is 1. The number of anilines is 1. The number of unbranched alkanes of at least 4 members (excludes halogenated alkanes) is 1. The number of hydrogen-bond donors (Lipinski definition) is 1. The van der Waals surface area contributed by atoms with Gasteiger partial charge in [-0.05, 0) is 18.6 Å². The zero-order valence-corrected chi connectivity index (χ0v) is 9.69. The van der Waals surface area contributed by atoms with Gasteiger partial charge in [0.05, 0.1) is 19.1 Å². The van der Waals surface area contributed by atoms with E-state index in [-0.39, 0.29) is 5.97 Å². The molecular weight excluding hydrogens is 216 g/mol. The van der Waals surface area contributed by atoms with Gasteiger partial charge in [-0.3, -0.25) is 4.79 Å². The van der Waals surface area contributed by atoms with E-state index in [0.29, 0.717) is 32.4 Å². The van der Waals surface area contributed by atoms with Crippen molar-refractivity contribution in [3.63, 3.8) is 0 Å². The number of esters is 1. The lowest BCUT2D eigenvalue weighted by Gasteiger charge is -2.06. The monoisotopic (exact) mass is 232 g/mol. The first-order valence-electron chi connectivity index (χ1n) is 5.64. The van der Waals surface area contributed by atoms with Crippen LogP contribution in [0.4, 0.5) is 5.69 Å². The molecule has 0 aliphatic heterocycles. The minimum Gasteiger partial charge on any atom is -0.466 e. The fourth-order valence-electron chi connectivity index (χ4n) is 1.27. The molecule has 0 heterocycles. The summed E-state index contributed by atoms with van der Waals surface area (Å²) in [5.41, 5.74) is 0.991. The predicted octanol–water partition coefficient (Wildman–Crippen LogP) is 2.34. The van der Waals surface area contributed by atoms with E-state index in [1.165, 1.54) is 0 Å². The number of nitrogens with one attached hydrogen (secondary N) is 1. The number of para-hydroxylation sites is 1. The molecule has 4 heteroatoms. The topological polar surface area (TPSA) is 62.1 Å². The summed E-state index contributed by atoms with van der Waals surface area (Å²) in [6.45, 7) is 0.888. The maximum Gasteiger partial charge on any atom is 0.307 e. The highest BCUT2D eigenvalue weighted by atomic mass is 16.5. The molecule has 0 bridgehead atoms. The summed E-state index contributed by atoms with van der Waals surface area (Å²) in [4.78, 5) is 11.3. The van der Waals surface area contributed by atoms with E-state index in [4.69, 9.17) is 10.00 Å². The van der Waals surface area contributed by atoms with E-state index in [0.717, 1.165) is 5.69 Å². The van der Waals surface area contributed by atoms with Crippen molar-refractivity contribution in [3.05, 3.63) is 30.3 Å². The molecular formula is C13H16N2O2. The largest absolute Gasteiger partial charge is 0.466 e. The summed E-state index contributed by atoms with van der Waals surface area (Å²) < 4.78 is 4.95. The molecule has 0 aromatic heterocycles. The zero-order chi connectivity index (χ0) is 12.3. The SMILES string of the molecule is N#CCCCOC(=O)CCNc1ccccc1. The normalized spacial score (nSPS) is 9.35. The Kier molecular flexibility index (Phi) is 6.27. The van der Waals surface area contributed by atoms with Crippen molar-refractivity contribution < 1.29 is 9.53 Å². The first kappa shape index (κ1) is 13.0. The molecule has 0 aliphatic rings. The summed E-state index contributed by atoms with van der Waals surface area (Å²) in [5.74, 6) is -0.230. The zero-order valence-electron chi connectivity index (χ0n) is 9.69. The van der Waals surface area contributed by atoms with E-state index in [2.05, 4.69) is 5.32 Å². The lowest BCUT2D eigenvalue weighted by molar-refractivity contribution is -0.143. The van der Waals surface area contributed by atoms with Gasteiger partial charge in [-0.1, -0.05) is 18.2 Å². The fraction of sp³-hybridized carbons (Fsp3) is 0.385. The van der Waals surface area contributed by atoms with Crippen molar-refractivity contribution in [1.82, 2.24) is 0 Å². The van der Waals surface area contributed by atoms with Crippen molar-refractivity contribution in [2.24, 2.45) is 0 Å². The fourth-order valence-corrected chi connectivity index (χ4v) is 1.27. The molecule has 90 valence electrons. The van der Waals surface area contributed by atoms with Crippen molar-refractivity contribution in [2.75, 3.05) is 18.5 Å². The number of rotatable bonds is 7. The molecule has 1 rings (SSSR count). The lowest BCUT2D eigenvalue weighted by Crippen LogP contribution is -2.12. The Balaban J connectivity index is 2.07. The molecule has 0 fully saturated rings. The van der Waals surface area contributed by atoms with Crippen LogP contribution < -0.4 is 5.32 Å². The molecule has 1 aromatic carbocycles. The Hall–Kier alpha value is -2.02. The van der Waals surface area contributed by atoms with Crippen molar-refractivity contribution >= 4 is 11.7 Å². The summed E-state index contributed by atoms with van der Waals surface area (Å²) in [5, 5.41) is 11.4. The van der Waals surface area contributed by atoms with Gasteiger partial charge in [0.25, 0.3) is 0 Å². The molecule has 0 unspecified atom stereocenters. The lowest BCUT2D eigenvalue weighted by atomic mass is 10.3. The quantitative estimate of drug-likeness (QED) is 0.579. The Bertz CT molecular complexity index is 371. The first-order valence-corrected chi connectivity index (χ1v) is 5.64. The van der Waals surface area contributed by atoms with Gasteiger partial charge in [-0.2, -0.15) is 5.26 Å². The van der Waals surface area contributed by atoms with Crippen LogP contribution in [0.25, 0.3) is 0 Å². The molecule has 0 saturated carbocycles. The minimum atomic E-state index is -0.230. The molecule has 0 spiro atoms. The Morgan fingerprint density at radius 3 is 2.82 bits per heavy atom. The highest BCUT2D eigenvalue weighted by Crippen LogP contribution is 2.04. The van der Waals surface area contributed by atoms with Crippen LogP contribution in [-0.4, -0.2) is 19.1 Å². The third-order valence-corrected chi connectivity index (χ3v) is 2.13. The van der Waals surface area contributed by atoms with Gasteiger partial charge < -0.3 is 10.1 Å². The number of benzene rings is 1. The standard InChI is InChI=1S/C13H16N2O2/c14-9-4-5-11-17-13(16)8-10-15-12-6-2-1-3-7-12/h1-3,6-7,15H,4-5,8,10-11H2. The minimum absolute atomic E-state index is 0.230. The van der Waals surface area contributed by atoms with Gasteiger partial charge in [0.2, 0.25) is 0 Å². The van der Waals surface area contributed by atoms with E-state index in [1.54, 1.807) is 0 Å². The van der Waals surface area contributed by atoms with Crippen LogP contribution in [0, 0.1) is 11.3 Å². The van der Waals surface area contributed by atoms with Crippen molar-refractivity contribution in [1.29, 1.82) is 5.26 Å². The molecule has 4 nitrogen and oxygen atoms in total. The maximum absolute atomic E-state index is 11.3. The smallest absolute Gasteiger partial charge is 0.307 e. The second-order valence-corrected chi connectivity index (χ2v) is 3.52. The van der Waals surface area contributed by atoms with E-state index < -0.39 is 0 Å². The number of carbonyl (C=O) groups excluding carboxylic acids is 1. The molecule has 0 amide bonds. The second-order valence-electron chi connectivity index (χ2n) is 3.52. The van der Waals surface area contributed by atoms with Crippen molar-refractivity contribution in [3.8, 4) is 6.07 Å². The number of carbonyl (C=O) groups is 1. The second kappa shape index (κ2) is 8.17. The van der Waals surface area contributed by atoms with Gasteiger partial charge in [-0.15, -0.1) is 0 Å². The highest BCUT2D eigenvalue weighted by Gasteiger charge is 2.01. The molecule has 0 radical (unpaired) electrons. The third-order valence-electron chi connectivity index (χ3n) is 2.13. The first-order chi connectivity index (χ1) is 8.33. The van der Waals surface area contributed by atoms with Crippen LogP contribution in [0.15, 0.2) is 30.3 Å². The Morgan fingerprint density at radius 2 is 2.12 bits per heavy atom. The molecule has 1 aromatic rings. The summed E-state index contributed by atoms with van der Waals surface area (Å²) >= 11 is 0. The molecule has 0 saturated heterocycles. The number of hydrogen-bond acceptors (Lipinski definition) is 4. The molecule has 17 heavy (non-hydrogen) atoms. The van der Waals surface area contributed by atoms with E-state index in [1.807, 2.05) is 36.4 Å². The third kappa shape index (κ3) is 6.21. The van der Waals surface area contributed by atoms with Crippen LogP contribution in [0.2, 0.25) is 0 Å². The van der Waals surface area contributed by atoms with Crippen LogP contribution >= 0.6 is 0 Å². The van der Waals surface area contributed by atoms with Gasteiger partial charge in [0, 0.05) is 18.7 Å². The maximum atomic E-state index is 11.3. The number of ether oxygens (including phenoxy) is 1. The highest BCUT2D eigenvalue weighted by molar-refractivity contribution is 5.70. The summed E-state index contributed by atoms with van der Waals surface area (Å²) in [6, 6.07) is 11.7. The molecule has 1 N–H and O–H groups in total. The van der Waals surface area contributed by atoms with Crippen LogP contribution in [-0.2, 0) is 9.53 Å². The van der Waals surface area contributed by atoms with Gasteiger partial charge in [0.15, 0.2) is 0 Å². The van der Waals surface area contributed by atoms with Gasteiger partial charge in [-0.25, -0.2) is 0 Å². The summed E-state index contributed by atoms with van der Waals surface area (Å²) in [6.07, 6.45) is 1.37. The number of nitriles is 1. The summed E-state index contributed by atoms with van der Waals surface area (Å²) in [7, 11) is 0. The van der Waals surface area contributed by atoms with Gasteiger partial charge in [0.1, 0.15) is 0 Å². The van der Waals surface area contributed by atoms with Crippen LogP contribution in [0.5, 0.6) is 0 Å². The van der Waals surface area contributed by atoms with Crippen LogP contribution in [0.1, 0.15) is 19.3 Å². The van der Waals surface area contributed by atoms with Gasteiger partial charge >= 0.3 is 5.97 Å². The van der Waals surface area contributed by atoms with Crippen molar-refractivity contribution in [2.45, 2.75) is 19.3 Å². The Labute approximate surface area is 101 Å². The molecule has 0 atom stereocenters. The van der Waals surface area contributed by atoms with E-state index >= 15 is 0 Å². The average molecular weight is 232 g/mol. The average Bonchev–Trinajstić information content (AvgIpc) is 2.36.